The van der Waals surface area contributed by atoms with Gasteiger partial charge in [-0.2, -0.15) is 23.3 Å². The second-order valence-electron chi connectivity index (χ2n) is 6.68. The van der Waals surface area contributed by atoms with Gasteiger partial charge in [0, 0.05) is 11.4 Å². The number of allylic oxidation sites excluding steroid dienone is 1. The number of hydrogen-bond donors (Lipinski definition) is 2. The van der Waals surface area contributed by atoms with Crippen LogP contribution in [0, 0.1) is 5.82 Å². The van der Waals surface area contributed by atoms with E-state index in [4.69, 9.17) is 0 Å². The molecule has 2 N–H and O–H groups in total. The Morgan fingerprint density at radius 1 is 1.17 bits per heavy atom. The van der Waals surface area contributed by atoms with Crippen LogP contribution in [-0.4, -0.2) is 20.7 Å². The molecule has 3 aromatic rings. The molecule has 0 saturated carbocycles. The van der Waals surface area contributed by atoms with Gasteiger partial charge in [0.1, 0.15) is 18.2 Å². The highest BCUT2D eigenvalue weighted by Crippen LogP contribution is 2.36. The molecule has 4 rings (SSSR count). The number of rotatable bonds is 3. The molecule has 0 bridgehead atoms. The molecule has 2 heterocycles. The van der Waals surface area contributed by atoms with Gasteiger partial charge in [0.15, 0.2) is 0 Å². The van der Waals surface area contributed by atoms with E-state index in [0.717, 1.165) is 12.1 Å². The van der Waals surface area contributed by atoms with Gasteiger partial charge in [0.05, 0.1) is 11.1 Å². The number of carbonyl (C=O) groups is 1. The molecule has 2 aromatic carbocycles. The highest BCUT2D eigenvalue weighted by Gasteiger charge is 2.34. The average molecular weight is 417 g/mol. The lowest BCUT2D eigenvalue weighted by Gasteiger charge is -2.28. The average Bonchev–Trinajstić information content (AvgIpc) is 3.15. The number of aromatic nitrogens is 3. The van der Waals surface area contributed by atoms with E-state index >= 15 is 0 Å². The summed E-state index contributed by atoms with van der Waals surface area (Å²) >= 11 is 0. The van der Waals surface area contributed by atoms with Crippen LogP contribution in [0.15, 0.2) is 66.1 Å². The first-order chi connectivity index (χ1) is 14.2. The maximum Gasteiger partial charge on any atom is 0.416 e. The SMILES string of the molecule is CC1=C(C(=O)Nc2cccc(C(F)(F)F)c2)[C@@H](c2ccc(F)cc2)n2ncnc2N1. The number of carbonyl (C=O) groups excluding carboxylic acids is 1. The summed E-state index contributed by atoms with van der Waals surface area (Å²) in [7, 11) is 0. The summed E-state index contributed by atoms with van der Waals surface area (Å²) in [6.07, 6.45) is -3.23. The standard InChI is InChI=1S/C20H15F4N5O/c1-11-16(18(30)28-15-4-2-3-13(9-15)20(22,23)24)17(12-5-7-14(21)8-6-12)29-19(27-11)25-10-26-29/h2-10,17H,1H3,(H,28,30)(H,25,26,27)/t17-/m1/s1. The maximum atomic E-state index is 13.4. The van der Waals surface area contributed by atoms with Crippen molar-refractivity contribution in [2.24, 2.45) is 0 Å². The van der Waals surface area contributed by atoms with E-state index in [9.17, 15) is 22.4 Å². The van der Waals surface area contributed by atoms with Gasteiger partial charge in [0.25, 0.3) is 5.91 Å². The molecular formula is C20H15F4N5O. The highest BCUT2D eigenvalue weighted by molar-refractivity contribution is 6.06. The van der Waals surface area contributed by atoms with Gasteiger partial charge in [-0.05, 0) is 42.8 Å². The van der Waals surface area contributed by atoms with Crippen molar-refractivity contribution in [1.29, 1.82) is 0 Å². The molecule has 0 saturated heterocycles. The predicted molar refractivity (Wildman–Crippen MR) is 101 cm³/mol. The fourth-order valence-corrected chi connectivity index (χ4v) is 3.31. The molecule has 1 aliphatic heterocycles. The van der Waals surface area contributed by atoms with Gasteiger partial charge in [0.2, 0.25) is 5.95 Å². The minimum absolute atomic E-state index is 0.00244. The Balaban J connectivity index is 1.72. The monoisotopic (exact) mass is 417 g/mol. The number of nitrogens with one attached hydrogen (secondary N) is 2. The zero-order valence-electron chi connectivity index (χ0n) is 15.5. The van der Waals surface area contributed by atoms with Crippen LogP contribution in [0.1, 0.15) is 24.1 Å². The number of alkyl halides is 3. The highest BCUT2D eigenvalue weighted by atomic mass is 19.4. The van der Waals surface area contributed by atoms with E-state index < -0.39 is 29.5 Å². The smallest absolute Gasteiger partial charge is 0.328 e. The molecule has 1 amide bonds. The Hall–Kier alpha value is -3.69. The predicted octanol–water partition coefficient (Wildman–Crippen LogP) is 4.36. The molecular weight excluding hydrogens is 402 g/mol. The lowest BCUT2D eigenvalue weighted by Crippen LogP contribution is -2.31. The maximum absolute atomic E-state index is 13.4. The Morgan fingerprint density at radius 2 is 1.90 bits per heavy atom. The summed E-state index contributed by atoms with van der Waals surface area (Å²) < 4.78 is 53.8. The molecule has 10 heteroatoms. The third-order valence-electron chi connectivity index (χ3n) is 4.67. The Morgan fingerprint density at radius 3 is 2.60 bits per heavy atom. The van der Waals surface area contributed by atoms with Gasteiger partial charge in [-0.15, -0.1) is 0 Å². The molecule has 0 spiro atoms. The number of benzene rings is 2. The molecule has 6 nitrogen and oxygen atoms in total. The van der Waals surface area contributed by atoms with Crippen molar-refractivity contribution in [2.75, 3.05) is 10.6 Å². The molecule has 0 aliphatic carbocycles. The van der Waals surface area contributed by atoms with E-state index in [1.165, 1.54) is 47.4 Å². The molecule has 154 valence electrons. The van der Waals surface area contributed by atoms with Crippen LogP contribution in [-0.2, 0) is 11.0 Å². The number of fused-ring (bicyclic) bond motifs is 1. The van der Waals surface area contributed by atoms with Crippen molar-refractivity contribution in [3.63, 3.8) is 0 Å². The minimum Gasteiger partial charge on any atom is -0.328 e. The van der Waals surface area contributed by atoms with Crippen molar-refractivity contribution in [3.05, 3.63) is 83.1 Å². The first kappa shape index (κ1) is 19.6. The normalized spacial score (nSPS) is 16.1. The fraction of sp³-hybridized carbons (Fsp3) is 0.150. The molecule has 0 unspecified atom stereocenters. The summed E-state index contributed by atoms with van der Waals surface area (Å²) in [6.45, 7) is 1.65. The third-order valence-corrected chi connectivity index (χ3v) is 4.67. The summed E-state index contributed by atoms with van der Waals surface area (Å²) in [6, 6.07) is 9.16. The van der Waals surface area contributed by atoms with Crippen molar-refractivity contribution in [2.45, 2.75) is 19.1 Å². The minimum atomic E-state index is -4.53. The summed E-state index contributed by atoms with van der Waals surface area (Å²) in [5.41, 5.74) is 0.364. The summed E-state index contributed by atoms with van der Waals surface area (Å²) in [5, 5.41) is 9.62. The molecule has 0 radical (unpaired) electrons. The van der Waals surface area contributed by atoms with E-state index in [2.05, 4.69) is 20.7 Å². The quantitative estimate of drug-likeness (QED) is 0.621. The van der Waals surface area contributed by atoms with E-state index in [1.807, 2.05) is 0 Å². The van der Waals surface area contributed by atoms with Gasteiger partial charge in [-0.25, -0.2) is 9.07 Å². The third kappa shape index (κ3) is 3.63. The zero-order valence-corrected chi connectivity index (χ0v) is 15.5. The van der Waals surface area contributed by atoms with Gasteiger partial charge in [-0.1, -0.05) is 18.2 Å². The second-order valence-corrected chi connectivity index (χ2v) is 6.68. The Labute approximate surface area is 168 Å². The first-order valence-corrected chi connectivity index (χ1v) is 8.85. The van der Waals surface area contributed by atoms with Crippen molar-refractivity contribution < 1.29 is 22.4 Å². The van der Waals surface area contributed by atoms with Crippen molar-refractivity contribution in [3.8, 4) is 0 Å². The molecule has 1 atom stereocenters. The van der Waals surface area contributed by atoms with Crippen LogP contribution < -0.4 is 10.6 Å². The van der Waals surface area contributed by atoms with Crippen LogP contribution >= 0.6 is 0 Å². The lowest BCUT2D eigenvalue weighted by atomic mass is 9.95. The number of nitrogens with zero attached hydrogens (tertiary/aromatic N) is 3. The topological polar surface area (TPSA) is 71.8 Å². The number of hydrogen-bond acceptors (Lipinski definition) is 4. The van der Waals surface area contributed by atoms with Crippen LogP contribution in [0.3, 0.4) is 0 Å². The Kier molecular flexibility index (Phi) is 4.76. The van der Waals surface area contributed by atoms with E-state index in [-0.39, 0.29) is 11.3 Å². The van der Waals surface area contributed by atoms with Crippen molar-refractivity contribution >= 4 is 17.5 Å². The van der Waals surface area contributed by atoms with Gasteiger partial charge < -0.3 is 10.6 Å². The van der Waals surface area contributed by atoms with Gasteiger partial charge in [-0.3, -0.25) is 4.79 Å². The lowest BCUT2D eigenvalue weighted by molar-refractivity contribution is -0.137. The van der Waals surface area contributed by atoms with Crippen molar-refractivity contribution in [1.82, 2.24) is 14.8 Å². The number of anilines is 2. The van der Waals surface area contributed by atoms with Gasteiger partial charge >= 0.3 is 6.18 Å². The molecule has 30 heavy (non-hydrogen) atoms. The van der Waals surface area contributed by atoms with Crippen LogP contribution in [0.2, 0.25) is 0 Å². The largest absolute Gasteiger partial charge is 0.416 e. The Bertz CT molecular complexity index is 1130. The van der Waals surface area contributed by atoms with Crippen LogP contribution in [0.25, 0.3) is 0 Å². The van der Waals surface area contributed by atoms with Crippen LogP contribution in [0.5, 0.6) is 0 Å². The summed E-state index contributed by atoms with van der Waals surface area (Å²) in [5.74, 6) is -0.672. The first-order valence-electron chi connectivity index (χ1n) is 8.85. The van der Waals surface area contributed by atoms with E-state index in [0.29, 0.717) is 17.2 Å². The summed E-state index contributed by atoms with van der Waals surface area (Å²) in [4.78, 5) is 17.2. The molecule has 1 aromatic heterocycles. The second kappa shape index (κ2) is 7.29. The van der Waals surface area contributed by atoms with E-state index in [1.54, 1.807) is 6.92 Å². The number of halogens is 4. The van der Waals surface area contributed by atoms with Crippen LogP contribution in [0.4, 0.5) is 29.2 Å². The molecule has 0 fully saturated rings. The number of amides is 1. The fourth-order valence-electron chi connectivity index (χ4n) is 3.31. The zero-order chi connectivity index (χ0) is 21.5. The molecule has 1 aliphatic rings.